The van der Waals surface area contributed by atoms with Crippen molar-refractivity contribution in [3.05, 3.63) is 39.9 Å². The van der Waals surface area contributed by atoms with Gasteiger partial charge in [-0.25, -0.2) is 0 Å². The molecule has 3 saturated heterocycles. The summed E-state index contributed by atoms with van der Waals surface area (Å²) in [6.45, 7) is 6.94. The zero-order valence-corrected chi connectivity index (χ0v) is 19.1. The average Bonchev–Trinajstić information content (AvgIpc) is 3.49. The summed E-state index contributed by atoms with van der Waals surface area (Å²) in [6, 6.07) is 6.17. The Hall–Kier alpha value is -2.56. The van der Waals surface area contributed by atoms with Crippen LogP contribution in [0.15, 0.2) is 24.3 Å². The smallest absolute Gasteiger partial charge is 0.269 e. The highest BCUT2D eigenvalue weighted by atomic mass is 16.6. The van der Waals surface area contributed by atoms with Crippen molar-refractivity contribution >= 4 is 17.5 Å². The number of rotatable bonds is 7. The first-order valence-electron chi connectivity index (χ1n) is 11.8. The third-order valence-corrected chi connectivity index (χ3v) is 6.91. The SMILES string of the molecule is CC(=O)N1CC(N(Cc2ccc([N+](=O)[O-])cc2)CC2CCCO2)CC1C(=O)N1CCNCC1. The van der Waals surface area contributed by atoms with E-state index < -0.39 is 11.0 Å². The summed E-state index contributed by atoms with van der Waals surface area (Å²) >= 11 is 0. The van der Waals surface area contributed by atoms with Gasteiger partial charge >= 0.3 is 0 Å². The maximum atomic E-state index is 13.3. The summed E-state index contributed by atoms with van der Waals surface area (Å²) in [6.07, 6.45) is 2.73. The molecule has 0 radical (unpaired) electrons. The van der Waals surface area contributed by atoms with Crippen LogP contribution >= 0.6 is 0 Å². The number of nitro groups is 1. The maximum Gasteiger partial charge on any atom is 0.269 e. The molecule has 1 N–H and O–H groups in total. The first-order chi connectivity index (χ1) is 15.9. The van der Waals surface area contributed by atoms with E-state index in [-0.39, 0.29) is 29.6 Å². The largest absolute Gasteiger partial charge is 0.377 e. The van der Waals surface area contributed by atoms with Gasteiger partial charge in [0.25, 0.3) is 5.69 Å². The molecule has 33 heavy (non-hydrogen) atoms. The number of ether oxygens (including phenoxy) is 1. The van der Waals surface area contributed by atoms with Gasteiger partial charge in [0.1, 0.15) is 6.04 Å². The van der Waals surface area contributed by atoms with E-state index in [0.717, 1.165) is 38.1 Å². The van der Waals surface area contributed by atoms with Crippen LogP contribution in [-0.4, -0.2) is 95.5 Å². The Morgan fingerprint density at radius 3 is 2.58 bits per heavy atom. The lowest BCUT2D eigenvalue weighted by Gasteiger charge is -2.32. The fraction of sp³-hybridized carbons (Fsp3) is 0.652. The fourth-order valence-electron chi connectivity index (χ4n) is 5.11. The number of hydrogen-bond acceptors (Lipinski definition) is 7. The highest BCUT2D eigenvalue weighted by molar-refractivity contribution is 5.87. The van der Waals surface area contributed by atoms with Crippen LogP contribution in [-0.2, 0) is 20.9 Å². The normalized spacial score (nSPS) is 25.6. The molecule has 3 aliphatic rings. The Labute approximate surface area is 194 Å². The molecule has 0 saturated carbocycles. The van der Waals surface area contributed by atoms with Crippen LogP contribution in [0.2, 0.25) is 0 Å². The van der Waals surface area contributed by atoms with Crippen molar-refractivity contribution in [3.8, 4) is 0 Å². The predicted molar refractivity (Wildman–Crippen MR) is 122 cm³/mol. The maximum absolute atomic E-state index is 13.3. The third kappa shape index (κ3) is 5.69. The molecule has 3 fully saturated rings. The molecule has 3 aliphatic heterocycles. The summed E-state index contributed by atoms with van der Waals surface area (Å²) in [5, 5.41) is 14.3. The fourth-order valence-corrected chi connectivity index (χ4v) is 5.11. The van der Waals surface area contributed by atoms with Gasteiger partial charge in [-0.3, -0.25) is 24.6 Å². The molecule has 3 atom stereocenters. The number of non-ortho nitro benzene ring substituents is 1. The van der Waals surface area contributed by atoms with E-state index >= 15 is 0 Å². The first-order valence-corrected chi connectivity index (χ1v) is 11.8. The van der Waals surface area contributed by atoms with E-state index in [0.29, 0.717) is 39.1 Å². The molecule has 0 aliphatic carbocycles. The topological polar surface area (TPSA) is 108 Å². The number of benzene rings is 1. The number of amides is 2. The minimum absolute atomic E-state index is 0.0187. The van der Waals surface area contributed by atoms with Gasteiger partial charge in [0.15, 0.2) is 0 Å². The molecule has 0 aromatic heterocycles. The molecule has 1 aromatic carbocycles. The van der Waals surface area contributed by atoms with Crippen molar-refractivity contribution in [2.24, 2.45) is 0 Å². The second kappa shape index (κ2) is 10.6. The van der Waals surface area contributed by atoms with Gasteiger partial charge in [-0.2, -0.15) is 0 Å². The van der Waals surface area contributed by atoms with E-state index in [9.17, 15) is 19.7 Å². The number of nitrogens with one attached hydrogen (secondary N) is 1. The standard InChI is InChI=1S/C23H33N5O5/c1-17(29)27-15-20(13-22(27)23(30)25-10-8-24-9-11-25)26(16-21-3-2-12-33-21)14-18-4-6-19(7-5-18)28(31)32/h4-7,20-22,24H,2-3,8-16H2,1H3. The van der Waals surface area contributed by atoms with E-state index in [1.165, 1.54) is 19.1 Å². The number of nitrogens with zero attached hydrogens (tertiary/aromatic N) is 4. The molecule has 1 aromatic rings. The molecule has 10 nitrogen and oxygen atoms in total. The quantitative estimate of drug-likeness (QED) is 0.479. The second-order valence-electron chi connectivity index (χ2n) is 9.14. The molecule has 3 unspecified atom stereocenters. The summed E-state index contributed by atoms with van der Waals surface area (Å²) in [5.74, 6) is -0.0556. The zero-order valence-electron chi connectivity index (χ0n) is 19.1. The van der Waals surface area contributed by atoms with Crippen LogP contribution in [0, 0.1) is 10.1 Å². The van der Waals surface area contributed by atoms with E-state index in [2.05, 4.69) is 10.2 Å². The lowest BCUT2D eigenvalue weighted by molar-refractivity contribution is -0.384. The number of carbonyl (C=O) groups excluding carboxylic acids is 2. The molecule has 180 valence electrons. The minimum Gasteiger partial charge on any atom is -0.377 e. The molecule has 10 heteroatoms. The Bertz CT molecular complexity index is 851. The Kier molecular flexibility index (Phi) is 7.56. The monoisotopic (exact) mass is 459 g/mol. The third-order valence-electron chi connectivity index (χ3n) is 6.91. The summed E-state index contributed by atoms with van der Waals surface area (Å²) in [4.78, 5) is 42.2. The average molecular weight is 460 g/mol. The highest BCUT2D eigenvalue weighted by Crippen LogP contribution is 2.28. The predicted octanol–water partition coefficient (Wildman–Crippen LogP) is 0.997. The van der Waals surface area contributed by atoms with Crippen molar-refractivity contribution in [1.29, 1.82) is 0 Å². The van der Waals surface area contributed by atoms with E-state index in [1.54, 1.807) is 17.0 Å². The molecule has 0 bridgehead atoms. The van der Waals surface area contributed by atoms with Crippen molar-refractivity contribution in [2.45, 2.75) is 50.9 Å². The Balaban J connectivity index is 1.51. The number of hydrogen-bond donors (Lipinski definition) is 1. The van der Waals surface area contributed by atoms with Gasteiger partial charge in [0.2, 0.25) is 11.8 Å². The number of piperazine rings is 1. The second-order valence-corrected chi connectivity index (χ2v) is 9.14. The van der Waals surface area contributed by atoms with Gasteiger partial charge in [0.05, 0.1) is 11.0 Å². The van der Waals surface area contributed by atoms with Crippen LogP contribution in [0.3, 0.4) is 0 Å². The minimum atomic E-state index is -0.450. The molecular weight excluding hydrogens is 426 g/mol. The summed E-state index contributed by atoms with van der Waals surface area (Å²) in [7, 11) is 0. The number of likely N-dealkylation sites (tertiary alicyclic amines) is 1. The summed E-state index contributed by atoms with van der Waals surface area (Å²) in [5.41, 5.74) is 1.03. The van der Waals surface area contributed by atoms with Crippen molar-refractivity contribution < 1.29 is 19.2 Å². The van der Waals surface area contributed by atoms with Crippen LogP contribution in [0.4, 0.5) is 5.69 Å². The first kappa shape index (κ1) is 23.6. The van der Waals surface area contributed by atoms with Gasteiger partial charge < -0.3 is 19.9 Å². The lowest BCUT2D eigenvalue weighted by Crippen LogP contribution is -2.53. The van der Waals surface area contributed by atoms with Crippen molar-refractivity contribution in [3.63, 3.8) is 0 Å². The van der Waals surface area contributed by atoms with Gasteiger partial charge in [-0.15, -0.1) is 0 Å². The molecule has 0 spiro atoms. The van der Waals surface area contributed by atoms with Crippen LogP contribution in [0.1, 0.15) is 31.7 Å². The Morgan fingerprint density at radius 1 is 1.24 bits per heavy atom. The van der Waals surface area contributed by atoms with Crippen molar-refractivity contribution in [1.82, 2.24) is 20.0 Å². The zero-order chi connectivity index (χ0) is 23.4. The number of carbonyl (C=O) groups is 2. The van der Waals surface area contributed by atoms with Crippen molar-refractivity contribution in [2.75, 3.05) is 45.9 Å². The Morgan fingerprint density at radius 2 is 1.97 bits per heavy atom. The van der Waals surface area contributed by atoms with Gasteiger partial charge in [-0.1, -0.05) is 12.1 Å². The van der Waals surface area contributed by atoms with Gasteiger partial charge in [0, 0.05) is 77.5 Å². The van der Waals surface area contributed by atoms with Crippen LogP contribution in [0.5, 0.6) is 0 Å². The number of nitro benzene ring substituents is 1. The molecule has 3 heterocycles. The van der Waals surface area contributed by atoms with Crippen LogP contribution in [0.25, 0.3) is 0 Å². The van der Waals surface area contributed by atoms with Gasteiger partial charge in [-0.05, 0) is 24.8 Å². The molecule has 2 amide bonds. The van der Waals surface area contributed by atoms with Crippen LogP contribution < -0.4 is 5.32 Å². The van der Waals surface area contributed by atoms with E-state index in [1.807, 2.05) is 4.90 Å². The highest BCUT2D eigenvalue weighted by Gasteiger charge is 2.43. The van der Waals surface area contributed by atoms with E-state index in [4.69, 9.17) is 4.74 Å². The molecule has 4 rings (SSSR count). The summed E-state index contributed by atoms with van der Waals surface area (Å²) < 4.78 is 5.88. The lowest BCUT2D eigenvalue weighted by atomic mass is 10.1. The molecular formula is C23H33N5O5.